The maximum absolute atomic E-state index is 12.2. The Hall–Kier alpha value is -1.77. The first kappa shape index (κ1) is 15.1. The van der Waals surface area contributed by atoms with Gasteiger partial charge in [-0.15, -0.1) is 0 Å². The van der Waals surface area contributed by atoms with E-state index in [9.17, 15) is 4.79 Å². The lowest BCUT2D eigenvalue weighted by Crippen LogP contribution is -2.37. The van der Waals surface area contributed by atoms with E-state index in [1.165, 1.54) is 16.5 Å². The molecule has 1 aromatic heterocycles. The third-order valence-corrected chi connectivity index (χ3v) is 4.84. The van der Waals surface area contributed by atoms with Crippen LogP contribution in [-0.2, 0) is 4.79 Å². The maximum Gasteiger partial charge on any atom is 0.222 e. The highest BCUT2D eigenvalue weighted by atomic mass is 16.2. The Morgan fingerprint density at radius 3 is 2.73 bits per heavy atom. The first-order valence-corrected chi connectivity index (χ1v) is 8.49. The Kier molecular flexibility index (Phi) is 4.51. The lowest BCUT2D eigenvalue weighted by atomic mass is 9.89. The highest BCUT2D eigenvalue weighted by Gasteiger charge is 2.25. The molecule has 3 rings (SSSR count). The van der Waals surface area contributed by atoms with Crippen molar-refractivity contribution in [3.05, 3.63) is 36.0 Å². The molecule has 3 nitrogen and oxygen atoms in total. The molecule has 2 heterocycles. The van der Waals surface area contributed by atoms with Crippen LogP contribution >= 0.6 is 0 Å². The average molecular weight is 298 g/mol. The SMILES string of the molecule is CC(C)CCC(=O)N1CCC(c2c[nH]c3ccccc23)CC1. The Morgan fingerprint density at radius 2 is 2.00 bits per heavy atom. The number of nitrogens with one attached hydrogen (secondary N) is 1. The molecule has 1 aliphatic heterocycles. The van der Waals surface area contributed by atoms with Crippen molar-refractivity contribution in [3.8, 4) is 0 Å². The summed E-state index contributed by atoms with van der Waals surface area (Å²) >= 11 is 0. The summed E-state index contributed by atoms with van der Waals surface area (Å²) in [6.45, 7) is 6.16. The third kappa shape index (κ3) is 3.18. The van der Waals surface area contributed by atoms with Gasteiger partial charge in [0.05, 0.1) is 0 Å². The molecule has 0 radical (unpaired) electrons. The number of carbonyl (C=O) groups is 1. The predicted molar refractivity (Wildman–Crippen MR) is 90.9 cm³/mol. The molecule has 0 atom stereocenters. The second-order valence-corrected chi connectivity index (χ2v) is 6.88. The molecule has 22 heavy (non-hydrogen) atoms. The molecule has 2 aromatic rings. The van der Waals surface area contributed by atoms with Gasteiger partial charge in [-0.25, -0.2) is 0 Å². The zero-order valence-electron chi connectivity index (χ0n) is 13.6. The van der Waals surface area contributed by atoms with Gasteiger partial charge in [0.2, 0.25) is 5.91 Å². The number of aromatic amines is 1. The number of nitrogens with zero attached hydrogens (tertiary/aromatic N) is 1. The van der Waals surface area contributed by atoms with E-state index in [1.807, 2.05) is 0 Å². The monoisotopic (exact) mass is 298 g/mol. The Bertz CT molecular complexity index is 636. The van der Waals surface area contributed by atoms with Crippen LogP contribution in [0.15, 0.2) is 30.5 Å². The summed E-state index contributed by atoms with van der Waals surface area (Å²) < 4.78 is 0. The minimum atomic E-state index is 0.339. The number of hydrogen-bond acceptors (Lipinski definition) is 1. The fourth-order valence-electron chi connectivity index (χ4n) is 3.44. The molecule has 1 fully saturated rings. The minimum Gasteiger partial charge on any atom is -0.361 e. The molecule has 1 amide bonds. The number of hydrogen-bond donors (Lipinski definition) is 1. The van der Waals surface area contributed by atoms with E-state index in [0.717, 1.165) is 32.4 Å². The number of H-pyrrole nitrogens is 1. The van der Waals surface area contributed by atoms with Gasteiger partial charge >= 0.3 is 0 Å². The molecular formula is C19H26N2O. The van der Waals surface area contributed by atoms with Crippen molar-refractivity contribution < 1.29 is 4.79 Å². The number of carbonyl (C=O) groups excluding carboxylic acids is 1. The first-order valence-electron chi connectivity index (χ1n) is 8.49. The van der Waals surface area contributed by atoms with Crippen molar-refractivity contribution in [1.29, 1.82) is 0 Å². The van der Waals surface area contributed by atoms with Crippen LogP contribution in [0.25, 0.3) is 10.9 Å². The zero-order valence-corrected chi connectivity index (χ0v) is 13.6. The number of likely N-dealkylation sites (tertiary alicyclic amines) is 1. The topological polar surface area (TPSA) is 36.1 Å². The van der Waals surface area contributed by atoms with Crippen molar-refractivity contribution in [1.82, 2.24) is 9.88 Å². The predicted octanol–water partition coefficient (Wildman–Crippen LogP) is 4.31. The smallest absolute Gasteiger partial charge is 0.222 e. The van der Waals surface area contributed by atoms with Crippen LogP contribution in [0, 0.1) is 5.92 Å². The van der Waals surface area contributed by atoms with Gasteiger partial charge in [0.1, 0.15) is 0 Å². The van der Waals surface area contributed by atoms with Gasteiger partial charge in [-0.2, -0.15) is 0 Å². The second-order valence-electron chi connectivity index (χ2n) is 6.88. The van der Waals surface area contributed by atoms with Gasteiger partial charge < -0.3 is 9.88 Å². The summed E-state index contributed by atoms with van der Waals surface area (Å²) in [6, 6.07) is 8.49. The van der Waals surface area contributed by atoms with E-state index in [1.54, 1.807) is 0 Å². The highest BCUT2D eigenvalue weighted by Crippen LogP contribution is 2.33. The van der Waals surface area contributed by atoms with Crippen LogP contribution in [0.4, 0.5) is 0 Å². The van der Waals surface area contributed by atoms with Gasteiger partial charge in [0.25, 0.3) is 0 Å². The molecule has 1 aromatic carbocycles. The van der Waals surface area contributed by atoms with Gasteiger partial charge in [0.15, 0.2) is 0 Å². The van der Waals surface area contributed by atoms with Crippen LogP contribution < -0.4 is 0 Å². The van der Waals surface area contributed by atoms with Crippen molar-refractivity contribution in [3.63, 3.8) is 0 Å². The van der Waals surface area contributed by atoms with Gasteiger partial charge in [-0.05, 0) is 42.7 Å². The Balaban J connectivity index is 1.61. The van der Waals surface area contributed by atoms with Gasteiger partial charge in [-0.1, -0.05) is 32.0 Å². The largest absolute Gasteiger partial charge is 0.361 e. The summed E-state index contributed by atoms with van der Waals surface area (Å²) in [4.78, 5) is 17.7. The number of rotatable bonds is 4. The third-order valence-electron chi connectivity index (χ3n) is 4.84. The molecule has 1 saturated heterocycles. The molecule has 0 unspecified atom stereocenters. The summed E-state index contributed by atoms with van der Waals surface area (Å²) in [7, 11) is 0. The fourth-order valence-corrected chi connectivity index (χ4v) is 3.44. The van der Waals surface area contributed by atoms with Crippen molar-refractivity contribution in [2.45, 2.75) is 45.4 Å². The number of aromatic nitrogens is 1. The van der Waals surface area contributed by atoms with Crippen molar-refractivity contribution >= 4 is 16.8 Å². The van der Waals surface area contributed by atoms with Crippen molar-refractivity contribution in [2.75, 3.05) is 13.1 Å². The standard InChI is InChI=1S/C19H26N2O/c1-14(2)7-8-19(22)21-11-9-15(10-12-21)17-13-20-18-6-4-3-5-16(17)18/h3-6,13-15,20H,7-12H2,1-2H3. The highest BCUT2D eigenvalue weighted by molar-refractivity contribution is 5.83. The molecule has 0 bridgehead atoms. The van der Waals surface area contributed by atoms with E-state index >= 15 is 0 Å². The number of fused-ring (bicyclic) bond motifs is 1. The van der Waals surface area contributed by atoms with E-state index in [2.05, 4.69) is 54.2 Å². The molecule has 1 N–H and O–H groups in total. The number of benzene rings is 1. The molecule has 0 spiro atoms. The molecular weight excluding hydrogens is 272 g/mol. The van der Waals surface area contributed by atoms with Crippen molar-refractivity contribution in [2.24, 2.45) is 5.92 Å². The average Bonchev–Trinajstić information content (AvgIpc) is 2.97. The lowest BCUT2D eigenvalue weighted by molar-refractivity contribution is -0.132. The van der Waals surface area contributed by atoms with Gasteiger partial charge in [0, 0.05) is 36.6 Å². The quantitative estimate of drug-likeness (QED) is 0.897. The molecule has 1 aliphatic rings. The van der Waals surface area contributed by atoms with E-state index < -0.39 is 0 Å². The number of amides is 1. The molecule has 3 heteroatoms. The van der Waals surface area contributed by atoms with Crippen LogP contribution in [0.3, 0.4) is 0 Å². The van der Waals surface area contributed by atoms with E-state index in [-0.39, 0.29) is 0 Å². The first-order chi connectivity index (χ1) is 10.6. The zero-order chi connectivity index (χ0) is 15.5. The Morgan fingerprint density at radius 1 is 1.27 bits per heavy atom. The van der Waals surface area contributed by atoms with Gasteiger partial charge in [-0.3, -0.25) is 4.79 Å². The summed E-state index contributed by atoms with van der Waals surface area (Å²) in [5, 5.41) is 1.34. The van der Waals surface area contributed by atoms with Crippen LogP contribution in [0.1, 0.15) is 51.0 Å². The number of para-hydroxylation sites is 1. The fraction of sp³-hybridized carbons (Fsp3) is 0.526. The Labute approximate surface area is 132 Å². The lowest BCUT2D eigenvalue weighted by Gasteiger charge is -2.32. The van der Waals surface area contributed by atoms with Crippen LogP contribution in [-0.4, -0.2) is 28.9 Å². The molecule has 0 aliphatic carbocycles. The summed E-state index contributed by atoms with van der Waals surface area (Å²) in [6.07, 6.45) is 6.02. The van der Waals surface area contributed by atoms with Crippen LogP contribution in [0.2, 0.25) is 0 Å². The second kappa shape index (κ2) is 6.55. The summed E-state index contributed by atoms with van der Waals surface area (Å²) in [5.74, 6) is 1.52. The molecule has 118 valence electrons. The molecule has 0 saturated carbocycles. The van der Waals surface area contributed by atoms with E-state index in [4.69, 9.17) is 0 Å². The minimum absolute atomic E-state index is 0.339. The summed E-state index contributed by atoms with van der Waals surface area (Å²) in [5.41, 5.74) is 2.64. The normalized spacial score (nSPS) is 16.6. The van der Waals surface area contributed by atoms with Crippen LogP contribution in [0.5, 0.6) is 0 Å². The maximum atomic E-state index is 12.2. The number of piperidine rings is 1. The van der Waals surface area contributed by atoms with E-state index in [0.29, 0.717) is 24.2 Å².